The quantitative estimate of drug-likeness (QED) is 0.436. The topological polar surface area (TPSA) is 203 Å². The second-order valence-electron chi connectivity index (χ2n) is 5.94. The van der Waals surface area contributed by atoms with Crippen molar-refractivity contribution >= 4 is 62.2 Å². The highest BCUT2D eigenvalue weighted by Gasteiger charge is 2.34. The first-order chi connectivity index (χ1) is 15.2. The van der Waals surface area contributed by atoms with Gasteiger partial charge in [0.1, 0.15) is 28.4 Å². The fourth-order valence-electron chi connectivity index (χ4n) is 3.15. The van der Waals surface area contributed by atoms with Gasteiger partial charge in [0.15, 0.2) is 34.3 Å². The van der Waals surface area contributed by atoms with Crippen LogP contribution in [0.25, 0.3) is 10.9 Å². The van der Waals surface area contributed by atoms with Crippen LogP contribution in [0.1, 0.15) is 16.1 Å². The Morgan fingerprint density at radius 3 is 2.25 bits per heavy atom. The summed E-state index contributed by atoms with van der Waals surface area (Å²) in [5.41, 5.74) is -0.890. The molecular weight excluding hydrogens is 492 g/mol. The van der Waals surface area contributed by atoms with Crippen LogP contribution in [0, 0.1) is 0 Å². The van der Waals surface area contributed by atoms with Crippen LogP contribution < -0.4 is 12.6 Å². The molecular formula is C16H7N2O11S3-3. The summed E-state index contributed by atoms with van der Waals surface area (Å²) in [6.45, 7) is 0. The molecule has 1 aliphatic rings. The first-order valence-corrected chi connectivity index (χ1v) is 11.2. The summed E-state index contributed by atoms with van der Waals surface area (Å²) in [5, 5.41) is 10.3. The third-order valence-corrected chi connectivity index (χ3v) is 5.14. The maximum atomic E-state index is 12.8. The Labute approximate surface area is 185 Å². The van der Waals surface area contributed by atoms with Gasteiger partial charge in [-0.25, -0.2) is 17.6 Å². The van der Waals surface area contributed by atoms with Gasteiger partial charge in [-0.3, -0.25) is 4.79 Å². The van der Waals surface area contributed by atoms with Crippen molar-refractivity contribution < 1.29 is 48.8 Å². The number of carbonyl (C=O) groups excluding carboxylic acids is 1. The van der Waals surface area contributed by atoms with Crippen molar-refractivity contribution in [2.24, 2.45) is 4.99 Å². The lowest BCUT2D eigenvalue weighted by molar-refractivity contribution is 0.106. The highest BCUT2D eigenvalue weighted by Crippen LogP contribution is 2.45. The first kappa shape index (κ1) is 22.1. The summed E-state index contributed by atoms with van der Waals surface area (Å²) < 4.78 is 81.0. The predicted molar refractivity (Wildman–Crippen MR) is 105 cm³/mol. The predicted octanol–water partition coefficient (Wildman–Crippen LogP) is 0.233. The van der Waals surface area contributed by atoms with Crippen LogP contribution in [0.15, 0.2) is 41.4 Å². The summed E-state index contributed by atoms with van der Waals surface area (Å²) in [4.78, 5) is 16.9. The van der Waals surface area contributed by atoms with Crippen LogP contribution in [0.2, 0.25) is 0 Å². The number of aromatic nitrogens is 1. The monoisotopic (exact) mass is 499 g/mol. The number of fused-ring (bicyclic) bond motifs is 2. The molecule has 1 N–H and O–H groups in total. The van der Waals surface area contributed by atoms with E-state index in [2.05, 4.69) is 17.6 Å². The Morgan fingerprint density at radius 2 is 1.62 bits per heavy atom. The van der Waals surface area contributed by atoms with Crippen molar-refractivity contribution in [2.45, 2.75) is 0 Å². The molecule has 3 unspecified atom stereocenters. The minimum atomic E-state index is -3.27. The van der Waals surface area contributed by atoms with Gasteiger partial charge in [-0.05, 0) is 24.3 Å². The normalized spacial score (nSPS) is 15.7. The summed E-state index contributed by atoms with van der Waals surface area (Å²) in [6.07, 6.45) is 0. The zero-order chi connectivity index (χ0) is 23.2. The Kier molecular flexibility index (Phi) is 5.80. The van der Waals surface area contributed by atoms with E-state index in [9.17, 15) is 36.2 Å². The smallest absolute Gasteiger partial charge is 0.215 e. The minimum absolute atomic E-state index is 0.157. The number of hydrogen-bond acceptors (Lipinski definition) is 12. The number of rotatable bonds is 7. The second kappa shape index (κ2) is 8.41. The standard InChI is InChI=1S/C16H10N2O11S3/c19-14-7-3-1-2-4-8(7)17-12(14)13-15(20)11-9(18(13)29-32(25)26)5-6-10(27-30(21)22)16(11)28-31(23)24/h1-6,20H,(H,21,22)(H,23,24)(H,25,26)/p-3. The molecule has 0 radical (unpaired) electrons. The van der Waals surface area contributed by atoms with E-state index in [0.717, 1.165) is 12.1 Å². The molecule has 16 heteroatoms. The van der Waals surface area contributed by atoms with Gasteiger partial charge in [-0.1, -0.05) is 12.1 Å². The van der Waals surface area contributed by atoms with Crippen molar-refractivity contribution in [1.82, 2.24) is 4.73 Å². The van der Waals surface area contributed by atoms with Gasteiger partial charge in [0.2, 0.25) is 5.78 Å². The fraction of sp³-hybridized carbons (Fsp3) is 0. The van der Waals surface area contributed by atoms with Crippen molar-refractivity contribution in [2.75, 3.05) is 0 Å². The van der Waals surface area contributed by atoms with E-state index in [4.69, 9.17) is 0 Å². The Morgan fingerprint density at radius 1 is 0.938 bits per heavy atom. The molecule has 2 aromatic carbocycles. The lowest BCUT2D eigenvalue weighted by Gasteiger charge is -2.15. The van der Waals surface area contributed by atoms with E-state index in [1.54, 1.807) is 12.1 Å². The van der Waals surface area contributed by atoms with E-state index >= 15 is 0 Å². The van der Waals surface area contributed by atoms with E-state index < -0.39 is 73.9 Å². The van der Waals surface area contributed by atoms with Crippen molar-refractivity contribution in [3.05, 3.63) is 47.7 Å². The molecule has 32 heavy (non-hydrogen) atoms. The van der Waals surface area contributed by atoms with Crippen LogP contribution in [0.5, 0.6) is 17.2 Å². The van der Waals surface area contributed by atoms with Crippen LogP contribution in [0.4, 0.5) is 5.69 Å². The Balaban J connectivity index is 2.04. The van der Waals surface area contributed by atoms with Crippen LogP contribution in [0.3, 0.4) is 0 Å². The van der Waals surface area contributed by atoms with Gasteiger partial charge in [0.25, 0.3) is 0 Å². The fourth-order valence-corrected chi connectivity index (χ4v) is 4.00. The number of Topliss-reactive ketones (excluding diaryl/α,β-unsaturated/α-hetero) is 1. The number of hydrogen-bond donors (Lipinski definition) is 1. The van der Waals surface area contributed by atoms with E-state index in [-0.39, 0.29) is 16.8 Å². The first-order valence-electron chi connectivity index (χ1n) is 8.15. The lowest BCUT2D eigenvalue weighted by Crippen LogP contribution is -2.22. The van der Waals surface area contributed by atoms with Gasteiger partial charge >= 0.3 is 0 Å². The molecule has 3 atom stereocenters. The van der Waals surface area contributed by atoms with Crippen molar-refractivity contribution in [1.29, 1.82) is 0 Å². The maximum absolute atomic E-state index is 12.8. The van der Waals surface area contributed by atoms with Crippen molar-refractivity contribution in [3.63, 3.8) is 0 Å². The van der Waals surface area contributed by atoms with E-state index in [1.807, 2.05) is 0 Å². The molecule has 0 bridgehead atoms. The number of aromatic hydroxyl groups is 1. The third kappa shape index (κ3) is 3.78. The Hall–Kier alpha value is -3.15. The zero-order valence-electron chi connectivity index (χ0n) is 15.1. The molecule has 0 aliphatic carbocycles. The van der Waals surface area contributed by atoms with Crippen LogP contribution >= 0.6 is 0 Å². The number of para-hydroxylation sites is 1. The van der Waals surface area contributed by atoms with Gasteiger partial charge in [-0.2, -0.15) is 4.73 Å². The highest BCUT2D eigenvalue weighted by atomic mass is 32.2. The SMILES string of the molecule is O=C1C(c2c(O)c3c(OS(=O)[O-])c(OS(=O)[O-])ccc3n2OS(=O)[O-])=Nc2ccccc21. The molecule has 2 heterocycles. The molecule has 13 nitrogen and oxygen atoms in total. The molecule has 1 aliphatic heterocycles. The molecule has 3 aromatic rings. The summed E-state index contributed by atoms with van der Waals surface area (Å²) in [7, 11) is 0. The average molecular weight is 499 g/mol. The van der Waals surface area contributed by atoms with Gasteiger partial charge < -0.3 is 31.4 Å². The number of benzene rings is 2. The third-order valence-electron chi connectivity index (χ3n) is 4.25. The van der Waals surface area contributed by atoms with Gasteiger partial charge in [-0.15, -0.1) is 0 Å². The number of carbonyl (C=O) groups is 1. The molecule has 0 spiro atoms. The number of aliphatic imine (C=N–C) groups is 1. The molecule has 168 valence electrons. The molecule has 0 saturated heterocycles. The van der Waals surface area contributed by atoms with Crippen molar-refractivity contribution in [3.8, 4) is 17.2 Å². The molecule has 0 fully saturated rings. The molecule has 0 amide bonds. The largest absolute Gasteiger partial charge is 0.740 e. The Bertz CT molecular complexity index is 1380. The lowest BCUT2D eigenvalue weighted by atomic mass is 10.1. The zero-order valence-corrected chi connectivity index (χ0v) is 17.6. The van der Waals surface area contributed by atoms with E-state index in [0.29, 0.717) is 4.73 Å². The summed E-state index contributed by atoms with van der Waals surface area (Å²) in [5.74, 6) is -3.03. The molecule has 1 aromatic heterocycles. The highest BCUT2D eigenvalue weighted by molar-refractivity contribution is 7.75. The van der Waals surface area contributed by atoms with Gasteiger partial charge in [0.05, 0.1) is 16.6 Å². The maximum Gasteiger partial charge on any atom is 0.215 e. The van der Waals surface area contributed by atoms with Crippen LogP contribution in [-0.2, 0) is 34.1 Å². The molecule has 4 rings (SSSR count). The van der Waals surface area contributed by atoms with Crippen LogP contribution in [-0.4, -0.2) is 47.6 Å². The summed E-state index contributed by atoms with van der Waals surface area (Å²) in [6, 6.07) is 8.08. The second-order valence-corrected chi connectivity index (χ2v) is 7.65. The van der Waals surface area contributed by atoms with Gasteiger partial charge in [0, 0.05) is 5.56 Å². The van der Waals surface area contributed by atoms with E-state index in [1.165, 1.54) is 12.1 Å². The molecule has 0 saturated carbocycles. The summed E-state index contributed by atoms with van der Waals surface area (Å²) >= 11 is -9.65. The average Bonchev–Trinajstić information content (AvgIpc) is 3.17. The number of nitrogens with zero attached hydrogens (tertiary/aromatic N) is 2. The minimum Gasteiger partial charge on any atom is -0.740 e. The number of ketones is 1.